The van der Waals surface area contributed by atoms with Crippen LogP contribution in [0.2, 0.25) is 0 Å². The molecular formula is C22H30N2O4. The first-order valence-corrected chi connectivity index (χ1v) is 8.05. The number of hydrogen-bond donors (Lipinski definition) is 2. The Hall–Kier alpha value is -3.22. The SMILES string of the molecule is C=C.CC(=O)CC(=O)c1ccccc1.CC(=O)CC(=O)c1ccccc1.N.N. The van der Waals surface area contributed by atoms with Gasteiger partial charge in [0.15, 0.2) is 11.6 Å². The van der Waals surface area contributed by atoms with Crippen LogP contribution in [0.4, 0.5) is 0 Å². The topological polar surface area (TPSA) is 138 Å². The van der Waals surface area contributed by atoms with Crippen molar-refractivity contribution in [2.24, 2.45) is 0 Å². The van der Waals surface area contributed by atoms with Gasteiger partial charge in [0.05, 0.1) is 12.8 Å². The lowest BCUT2D eigenvalue weighted by Gasteiger charge is -1.95. The summed E-state index contributed by atoms with van der Waals surface area (Å²) in [5, 5.41) is 0. The van der Waals surface area contributed by atoms with Crippen molar-refractivity contribution in [3.05, 3.63) is 84.9 Å². The van der Waals surface area contributed by atoms with Crippen LogP contribution in [0.5, 0.6) is 0 Å². The summed E-state index contributed by atoms with van der Waals surface area (Å²) in [4.78, 5) is 43.7. The Bertz CT molecular complexity index is 665. The maximum atomic E-state index is 11.2. The van der Waals surface area contributed by atoms with Crippen LogP contribution in [0.3, 0.4) is 0 Å². The van der Waals surface area contributed by atoms with Crippen molar-refractivity contribution in [1.29, 1.82) is 0 Å². The van der Waals surface area contributed by atoms with Gasteiger partial charge in [-0.05, 0) is 13.8 Å². The Labute approximate surface area is 166 Å². The molecule has 0 unspecified atom stereocenters. The minimum atomic E-state index is -0.108. The summed E-state index contributed by atoms with van der Waals surface area (Å²) in [7, 11) is 0. The fourth-order valence-corrected chi connectivity index (χ4v) is 1.90. The quantitative estimate of drug-likeness (QED) is 0.414. The van der Waals surface area contributed by atoms with Gasteiger partial charge in [0.2, 0.25) is 0 Å². The number of rotatable bonds is 6. The summed E-state index contributed by atoms with van der Waals surface area (Å²) >= 11 is 0. The molecule has 2 aromatic rings. The third-order valence-corrected chi connectivity index (χ3v) is 3.01. The Morgan fingerprint density at radius 2 is 0.857 bits per heavy atom. The summed E-state index contributed by atoms with van der Waals surface area (Å²) in [5.74, 6) is -0.404. The average Bonchev–Trinajstić information content (AvgIpc) is 2.64. The smallest absolute Gasteiger partial charge is 0.170 e. The summed E-state index contributed by atoms with van der Waals surface area (Å²) in [6.07, 6.45) is 0.00796. The normalized spacial score (nSPS) is 8.21. The molecule has 6 N–H and O–H groups in total. The van der Waals surface area contributed by atoms with Gasteiger partial charge in [-0.1, -0.05) is 60.7 Å². The maximum Gasteiger partial charge on any atom is 0.170 e. The van der Waals surface area contributed by atoms with Gasteiger partial charge in [0.25, 0.3) is 0 Å². The molecule has 6 nitrogen and oxygen atoms in total. The molecule has 0 aromatic heterocycles. The van der Waals surface area contributed by atoms with Gasteiger partial charge in [-0.3, -0.25) is 19.2 Å². The van der Waals surface area contributed by atoms with Gasteiger partial charge < -0.3 is 12.3 Å². The van der Waals surface area contributed by atoms with Gasteiger partial charge in [-0.25, -0.2) is 0 Å². The Kier molecular flexibility index (Phi) is 18.2. The molecule has 0 aliphatic heterocycles. The zero-order chi connectivity index (χ0) is 19.9. The molecule has 0 amide bonds. The van der Waals surface area contributed by atoms with Crippen LogP contribution >= 0.6 is 0 Å². The predicted octanol–water partition coefficient (Wildman–Crippen LogP) is 4.82. The van der Waals surface area contributed by atoms with Gasteiger partial charge in [-0.15, -0.1) is 13.2 Å². The van der Waals surface area contributed by atoms with Crippen LogP contribution in [0.15, 0.2) is 73.8 Å². The third-order valence-electron chi connectivity index (χ3n) is 3.01. The van der Waals surface area contributed by atoms with E-state index in [1.54, 1.807) is 48.5 Å². The van der Waals surface area contributed by atoms with E-state index in [4.69, 9.17) is 0 Å². The molecule has 0 heterocycles. The number of ketones is 4. The number of Topliss-reactive ketones (excluding diaryl/α,β-unsaturated/α-hetero) is 4. The van der Waals surface area contributed by atoms with Gasteiger partial charge in [0.1, 0.15) is 11.6 Å². The van der Waals surface area contributed by atoms with E-state index in [9.17, 15) is 19.2 Å². The highest BCUT2D eigenvalue weighted by atomic mass is 16.2. The van der Waals surface area contributed by atoms with Crippen LogP contribution in [0, 0.1) is 0 Å². The monoisotopic (exact) mass is 386 g/mol. The van der Waals surface area contributed by atoms with Gasteiger partial charge in [0, 0.05) is 11.1 Å². The van der Waals surface area contributed by atoms with Crippen LogP contribution in [-0.2, 0) is 9.59 Å². The Morgan fingerprint density at radius 1 is 0.607 bits per heavy atom. The second kappa shape index (κ2) is 17.2. The Balaban J connectivity index is -0.000000385. The highest BCUT2D eigenvalue weighted by molar-refractivity contribution is 6.07. The van der Waals surface area contributed by atoms with E-state index in [0.29, 0.717) is 11.1 Å². The lowest BCUT2D eigenvalue weighted by atomic mass is 10.1. The number of benzene rings is 2. The summed E-state index contributed by atoms with van der Waals surface area (Å²) in [5.41, 5.74) is 1.21. The van der Waals surface area contributed by atoms with Gasteiger partial charge >= 0.3 is 0 Å². The number of carbonyl (C=O) groups is 4. The van der Waals surface area contributed by atoms with Crippen LogP contribution in [0.25, 0.3) is 0 Å². The third kappa shape index (κ3) is 13.0. The minimum Gasteiger partial charge on any atom is -0.344 e. The molecule has 2 rings (SSSR count). The maximum absolute atomic E-state index is 11.2. The van der Waals surface area contributed by atoms with Crippen molar-refractivity contribution in [1.82, 2.24) is 12.3 Å². The zero-order valence-corrected chi connectivity index (χ0v) is 16.6. The van der Waals surface area contributed by atoms with Crippen molar-refractivity contribution in [3.63, 3.8) is 0 Å². The largest absolute Gasteiger partial charge is 0.344 e. The second-order valence-corrected chi connectivity index (χ2v) is 5.34. The first-order valence-electron chi connectivity index (χ1n) is 8.05. The van der Waals surface area contributed by atoms with Gasteiger partial charge in [-0.2, -0.15) is 0 Å². The lowest BCUT2D eigenvalue weighted by molar-refractivity contribution is -0.117. The van der Waals surface area contributed by atoms with Crippen molar-refractivity contribution >= 4 is 23.1 Å². The molecular weight excluding hydrogens is 356 g/mol. The van der Waals surface area contributed by atoms with E-state index in [2.05, 4.69) is 13.2 Å². The molecule has 0 bridgehead atoms. The molecule has 28 heavy (non-hydrogen) atoms. The van der Waals surface area contributed by atoms with Crippen LogP contribution in [-0.4, -0.2) is 23.1 Å². The predicted molar refractivity (Wildman–Crippen MR) is 113 cm³/mol. The van der Waals surface area contributed by atoms with E-state index in [0.717, 1.165) is 0 Å². The summed E-state index contributed by atoms with van der Waals surface area (Å²) in [6.45, 7) is 8.84. The molecule has 6 heteroatoms. The molecule has 0 spiro atoms. The highest BCUT2D eigenvalue weighted by Crippen LogP contribution is 2.03. The van der Waals surface area contributed by atoms with Crippen molar-refractivity contribution in [2.45, 2.75) is 26.7 Å². The fraction of sp³-hybridized carbons (Fsp3) is 0.182. The van der Waals surface area contributed by atoms with Crippen molar-refractivity contribution in [2.75, 3.05) is 0 Å². The molecule has 0 radical (unpaired) electrons. The molecule has 0 fully saturated rings. The fourth-order valence-electron chi connectivity index (χ4n) is 1.90. The molecule has 0 atom stereocenters. The van der Waals surface area contributed by atoms with Crippen molar-refractivity contribution < 1.29 is 19.2 Å². The standard InChI is InChI=1S/2C10H10O2.C2H4.2H3N/c2*1-8(11)7-10(12)9-5-3-2-4-6-9;1-2;;/h2*2-6H,7H2,1H3;1-2H2;2*1H3. The Morgan fingerprint density at radius 3 is 1.07 bits per heavy atom. The average molecular weight is 386 g/mol. The summed E-state index contributed by atoms with van der Waals surface area (Å²) < 4.78 is 0. The molecule has 0 saturated heterocycles. The summed E-state index contributed by atoms with van der Waals surface area (Å²) in [6, 6.07) is 17.7. The molecule has 0 aliphatic rings. The van der Waals surface area contributed by atoms with Crippen molar-refractivity contribution in [3.8, 4) is 0 Å². The first-order chi connectivity index (χ1) is 12.4. The van der Waals surface area contributed by atoms with Crippen LogP contribution < -0.4 is 12.3 Å². The second-order valence-electron chi connectivity index (χ2n) is 5.34. The zero-order valence-electron chi connectivity index (χ0n) is 16.6. The first kappa shape index (κ1) is 29.5. The van der Waals surface area contributed by atoms with E-state index < -0.39 is 0 Å². The van der Waals surface area contributed by atoms with E-state index in [1.165, 1.54) is 13.8 Å². The van der Waals surface area contributed by atoms with E-state index >= 15 is 0 Å². The minimum absolute atomic E-state index is 0. The van der Waals surface area contributed by atoms with Crippen LogP contribution in [0.1, 0.15) is 47.4 Å². The molecule has 152 valence electrons. The molecule has 0 aliphatic carbocycles. The molecule has 2 aromatic carbocycles. The molecule has 0 saturated carbocycles. The van der Waals surface area contributed by atoms with E-state index in [1.807, 2.05) is 12.1 Å². The number of carbonyl (C=O) groups excluding carboxylic acids is 4. The highest BCUT2D eigenvalue weighted by Gasteiger charge is 2.07. The lowest BCUT2D eigenvalue weighted by Crippen LogP contribution is -2.04. The number of hydrogen-bond acceptors (Lipinski definition) is 6. The van der Waals surface area contributed by atoms with E-state index in [-0.39, 0.29) is 48.3 Å².